The number of hydrogen-bond acceptors (Lipinski definition) is 6. The minimum absolute atomic E-state index is 0.0208. The van der Waals surface area contributed by atoms with Gasteiger partial charge in [-0.3, -0.25) is 9.48 Å². The number of nitrogen functional groups attached to an aromatic ring is 1. The van der Waals surface area contributed by atoms with Crippen LogP contribution in [0.2, 0.25) is 0 Å². The Morgan fingerprint density at radius 1 is 1.48 bits per heavy atom. The Balaban J connectivity index is 2.17. The number of nitrogens with zero attached hydrogens (tertiary/aromatic N) is 2. The predicted molar refractivity (Wildman–Crippen MR) is 82.9 cm³/mol. The summed E-state index contributed by atoms with van der Waals surface area (Å²) in [6.45, 7) is 1.85. The number of anilines is 1. The second kappa shape index (κ2) is 5.62. The number of carbonyl (C=O) groups is 1. The van der Waals surface area contributed by atoms with Crippen LogP contribution in [0.3, 0.4) is 0 Å². The maximum absolute atomic E-state index is 12.1. The molecule has 2 heterocycles. The Morgan fingerprint density at radius 2 is 2.14 bits per heavy atom. The highest BCUT2D eigenvalue weighted by molar-refractivity contribution is 7.89. The lowest BCUT2D eigenvalue weighted by Crippen LogP contribution is -2.32. The number of amides is 1. The number of carbonyl (C=O) groups excluding carboxylic acids is 1. The number of rotatable bonds is 5. The molecule has 0 spiro atoms. The molecule has 10 heteroatoms. The summed E-state index contributed by atoms with van der Waals surface area (Å²) in [6.07, 6.45) is 0. The molecule has 0 unspecified atom stereocenters. The first-order chi connectivity index (χ1) is 9.76. The number of sulfonamides is 1. The van der Waals surface area contributed by atoms with Gasteiger partial charge in [-0.1, -0.05) is 0 Å². The van der Waals surface area contributed by atoms with Crippen molar-refractivity contribution in [2.45, 2.75) is 6.92 Å². The van der Waals surface area contributed by atoms with Crippen LogP contribution in [0.15, 0.2) is 0 Å². The van der Waals surface area contributed by atoms with E-state index in [9.17, 15) is 13.2 Å². The third kappa shape index (κ3) is 3.01. The van der Waals surface area contributed by atoms with Gasteiger partial charge in [-0.05, 0) is 14.0 Å². The average Bonchev–Trinajstić information content (AvgIpc) is 2.89. The lowest BCUT2D eigenvalue weighted by Gasteiger charge is -2.05. The topological polar surface area (TPSA) is 119 Å². The monoisotopic (exact) mass is 331 g/mol. The van der Waals surface area contributed by atoms with E-state index in [1.165, 1.54) is 18.4 Å². The summed E-state index contributed by atoms with van der Waals surface area (Å²) in [6, 6.07) is 0. The molecule has 0 aromatic carbocycles. The van der Waals surface area contributed by atoms with E-state index in [1.54, 1.807) is 11.7 Å². The molecule has 0 aliphatic heterocycles. The van der Waals surface area contributed by atoms with E-state index in [-0.39, 0.29) is 18.2 Å². The number of thiophene rings is 1. The fourth-order valence-electron chi connectivity index (χ4n) is 1.98. The average molecular weight is 331 g/mol. The van der Waals surface area contributed by atoms with Gasteiger partial charge in [0, 0.05) is 13.6 Å². The summed E-state index contributed by atoms with van der Waals surface area (Å²) in [5, 5.41) is 7.58. The molecule has 0 saturated carbocycles. The first-order valence-electron chi connectivity index (χ1n) is 6.18. The maximum Gasteiger partial charge on any atom is 0.263 e. The van der Waals surface area contributed by atoms with Gasteiger partial charge in [0.1, 0.15) is 9.71 Å². The normalized spacial score (nSPS) is 12.0. The van der Waals surface area contributed by atoms with Crippen LogP contribution >= 0.6 is 11.3 Å². The van der Waals surface area contributed by atoms with Crippen LogP contribution in [0.1, 0.15) is 15.4 Å². The molecule has 0 fully saturated rings. The van der Waals surface area contributed by atoms with E-state index in [2.05, 4.69) is 15.1 Å². The van der Waals surface area contributed by atoms with Gasteiger partial charge >= 0.3 is 0 Å². The summed E-state index contributed by atoms with van der Waals surface area (Å²) in [7, 11) is -0.227. The zero-order chi connectivity index (χ0) is 15.8. The SMILES string of the molecule is CNS(=O)(=O)CCNC(=O)c1sc2c(c(C)nn2C)c1N. The van der Waals surface area contributed by atoms with Crippen molar-refractivity contribution in [3.05, 3.63) is 10.6 Å². The molecule has 0 aliphatic carbocycles. The standard InChI is InChI=1S/C11H17N5O3S2/c1-6-7-8(12)9(20-11(7)16(3)15-6)10(17)14-4-5-21(18,19)13-2/h13H,4-5,12H2,1-3H3,(H,14,17). The van der Waals surface area contributed by atoms with Crippen molar-refractivity contribution < 1.29 is 13.2 Å². The highest BCUT2D eigenvalue weighted by Crippen LogP contribution is 2.35. The van der Waals surface area contributed by atoms with Gasteiger partial charge in [0.15, 0.2) is 0 Å². The number of nitrogens with two attached hydrogens (primary N) is 1. The lowest BCUT2D eigenvalue weighted by molar-refractivity contribution is 0.0961. The first kappa shape index (κ1) is 15.7. The molecule has 0 bridgehead atoms. The molecule has 2 aromatic heterocycles. The number of hydrogen-bond donors (Lipinski definition) is 3. The van der Waals surface area contributed by atoms with Crippen LogP contribution in [-0.2, 0) is 17.1 Å². The molecule has 0 aliphatic rings. The largest absolute Gasteiger partial charge is 0.397 e. The minimum atomic E-state index is -3.34. The Bertz CT molecular complexity index is 790. The smallest absolute Gasteiger partial charge is 0.263 e. The van der Waals surface area contributed by atoms with Gasteiger partial charge in [-0.15, -0.1) is 11.3 Å². The van der Waals surface area contributed by atoms with Gasteiger partial charge in [0.25, 0.3) is 5.91 Å². The Kier molecular flexibility index (Phi) is 4.21. The second-order valence-electron chi connectivity index (χ2n) is 4.51. The zero-order valence-electron chi connectivity index (χ0n) is 11.9. The van der Waals surface area contributed by atoms with E-state index < -0.39 is 10.0 Å². The molecular formula is C11H17N5O3S2. The molecule has 1 amide bonds. The van der Waals surface area contributed by atoms with Crippen LogP contribution in [0.5, 0.6) is 0 Å². The molecule has 4 N–H and O–H groups in total. The van der Waals surface area contributed by atoms with Gasteiger partial charge in [0.2, 0.25) is 10.0 Å². The van der Waals surface area contributed by atoms with Crippen LogP contribution < -0.4 is 15.8 Å². The maximum atomic E-state index is 12.1. The van der Waals surface area contributed by atoms with Gasteiger partial charge in [-0.25, -0.2) is 13.1 Å². The summed E-state index contributed by atoms with van der Waals surface area (Å²) in [5.74, 6) is -0.555. The zero-order valence-corrected chi connectivity index (χ0v) is 13.6. The number of aromatic nitrogens is 2. The molecule has 0 atom stereocenters. The van der Waals surface area contributed by atoms with Gasteiger partial charge in [0.05, 0.1) is 22.5 Å². The Hall–Kier alpha value is -1.65. The van der Waals surface area contributed by atoms with Crippen molar-refractivity contribution in [3.63, 3.8) is 0 Å². The van der Waals surface area contributed by atoms with Crippen molar-refractivity contribution in [1.29, 1.82) is 0 Å². The summed E-state index contributed by atoms with van der Waals surface area (Å²) < 4.78 is 26.4. The third-order valence-corrected chi connectivity index (χ3v) is 5.69. The van der Waals surface area contributed by atoms with Crippen LogP contribution in [0.4, 0.5) is 5.69 Å². The van der Waals surface area contributed by atoms with E-state index in [4.69, 9.17) is 5.73 Å². The fourth-order valence-corrected chi connectivity index (χ4v) is 3.66. The Morgan fingerprint density at radius 3 is 2.71 bits per heavy atom. The first-order valence-corrected chi connectivity index (χ1v) is 8.64. The summed E-state index contributed by atoms with van der Waals surface area (Å²) in [5.41, 5.74) is 7.15. The van der Waals surface area contributed by atoms with Crippen LogP contribution in [0, 0.1) is 6.92 Å². The summed E-state index contributed by atoms with van der Waals surface area (Å²) >= 11 is 1.24. The van der Waals surface area contributed by atoms with Crippen molar-refractivity contribution >= 4 is 43.2 Å². The quantitative estimate of drug-likeness (QED) is 0.701. The third-order valence-electron chi connectivity index (χ3n) is 3.06. The Labute approximate surface area is 126 Å². The lowest BCUT2D eigenvalue weighted by atomic mass is 10.2. The molecular weight excluding hydrogens is 314 g/mol. The fraction of sp³-hybridized carbons (Fsp3) is 0.455. The minimum Gasteiger partial charge on any atom is -0.397 e. The van der Waals surface area contributed by atoms with Crippen molar-refractivity contribution in [2.24, 2.45) is 7.05 Å². The summed E-state index contributed by atoms with van der Waals surface area (Å²) in [4.78, 5) is 13.3. The van der Waals surface area contributed by atoms with E-state index in [1.807, 2.05) is 6.92 Å². The molecule has 116 valence electrons. The van der Waals surface area contributed by atoms with Gasteiger partial charge < -0.3 is 11.1 Å². The number of fused-ring (bicyclic) bond motifs is 1. The molecule has 0 radical (unpaired) electrons. The molecule has 2 rings (SSSR count). The number of aryl methyl sites for hydroxylation is 2. The van der Waals surface area contributed by atoms with Crippen LogP contribution in [-0.4, -0.2) is 43.5 Å². The van der Waals surface area contributed by atoms with Gasteiger partial charge in [-0.2, -0.15) is 5.10 Å². The van der Waals surface area contributed by atoms with Crippen LogP contribution in [0.25, 0.3) is 10.2 Å². The molecule has 21 heavy (non-hydrogen) atoms. The van der Waals surface area contributed by atoms with Crippen molar-refractivity contribution in [2.75, 3.05) is 25.1 Å². The highest BCUT2D eigenvalue weighted by Gasteiger charge is 2.21. The number of nitrogens with one attached hydrogen (secondary N) is 2. The molecule has 2 aromatic rings. The highest BCUT2D eigenvalue weighted by atomic mass is 32.2. The molecule has 8 nitrogen and oxygen atoms in total. The van der Waals surface area contributed by atoms with E-state index >= 15 is 0 Å². The van der Waals surface area contributed by atoms with E-state index in [0.29, 0.717) is 10.6 Å². The van der Waals surface area contributed by atoms with Crippen molar-refractivity contribution in [1.82, 2.24) is 19.8 Å². The van der Waals surface area contributed by atoms with Crippen molar-refractivity contribution in [3.8, 4) is 0 Å². The van der Waals surface area contributed by atoms with E-state index in [0.717, 1.165) is 15.9 Å². The second-order valence-corrected chi connectivity index (χ2v) is 7.56. The molecule has 0 saturated heterocycles. The predicted octanol–water partition coefficient (Wildman–Crippen LogP) is -0.196.